The first-order valence-electron chi connectivity index (χ1n) is 12.2. The molecule has 2 aromatic carbocycles. The fourth-order valence-electron chi connectivity index (χ4n) is 4.51. The highest BCUT2D eigenvalue weighted by atomic mass is 35.5. The summed E-state index contributed by atoms with van der Waals surface area (Å²) in [5.74, 6) is 0.743. The molecule has 0 aliphatic heterocycles. The summed E-state index contributed by atoms with van der Waals surface area (Å²) in [7, 11) is 1.79. The molecule has 36 heavy (non-hydrogen) atoms. The third-order valence-electron chi connectivity index (χ3n) is 6.50. The summed E-state index contributed by atoms with van der Waals surface area (Å²) < 4.78 is 0. The van der Waals surface area contributed by atoms with Gasteiger partial charge in [-0.3, -0.25) is 9.98 Å². The van der Waals surface area contributed by atoms with Gasteiger partial charge in [0.2, 0.25) is 0 Å². The highest BCUT2D eigenvalue weighted by Gasteiger charge is 2.22. The molecule has 184 valence electrons. The molecule has 0 amide bonds. The van der Waals surface area contributed by atoms with Crippen molar-refractivity contribution >= 4 is 40.8 Å². The van der Waals surface area contributed by atoms with Gasteiger partial charge in [0.05, 0.1) is 0 Å². The fraction of sp³-hybridized carbons (Fsp3) is 0.226. The average molecular weight is 517 g/mol. The molecule has 1 unspecified atom stereocenters. The van der Waals surface area contributed by atoms with Crippen molar-refractivity contribution in [2.45, 2.75) is 38.8 Å². The smallest absolute Gasteiger partial charge is 0.145 e. The molecule has 0 radical (unpaired) electrons. The second-order valence-electron chi connectivity index (χ2n) is 8.87. The van der Waals surface area contributed by atoms with E-state index in [0.29, 0.717) is 10.0 Å². The Morgan fingerprint density at radius 2 is 1.97 bits per heavy atom. The molecule has 2 aromatic rings. The summed E-state index contributed by atoms with van der Waals surface area (Å²) in [6, 6.07) is 14.1. The average Bonchev–Trinajstić information content (AvgIpc) is 3.21. The first kappa shape index (κ1) is 25.9. The molecule has 4 rings (SSSR count). The Morgan fingerprint density at radius 1 is 1.17 bits per heavy atom. The zero-order valence-corrected chi connectivity index (χ0v) is 22.3. The number of hydrogen-bond donors (Lipinski definition) is 1. The van der Waals surface area contributed by atoms with Crippen LogP contribution in [0.15, 0.2) is 106 Å². The lowest BCUT2D eigenvalue weighted by Gasteiger charge is -2.21. The second kappa shape index (κ2) is 12.2. The molecule has 0 bridgehead atoms. The number of benzene rings is 2. The third kappa shape index (κ3) is 6.16. The highest BCUT2D eigenvalue weighted by Crippen LogP contribution is 2.39. The van der Waals surface area contributed by atoms with Crippen LogP contribution in [0.3, 0.4) is 0 Å². The van der Waals surface area contributed by atoms with Crippen molar-refractivity contribution in [3.05, 3.63) is 123 Å². The maximum atomic E-state index is 6.50. The molecule has 0 saturated carbocycles. The summed E-state index contributed by atoms with van der Waals surface area (Å²) in [5.41, 5.74) is 7.83. The summed E-state index contributed by atoms with van der Waals surface area (Å²) in [4.78, 5) is 9.48. The third-order valence-corrected chi connectivity index (χ3v) is 7.05. The molecular weight excluding hydrogens is 485 g/mol. The van der Waals surface area contributed by atoms with Crippen LogP contribution in [0, 0.1) is 0 Å². The van der Waals surface area contributed by atoms with E-state index < -0.39 is 0 Å². The van der Waals surface area contributed by atoms with Crippen LogP contribution in [0.5, 0.6) is 0 Å². The van der Waals surface area contributed by atoms with Crippen molar-refractivity contribution in [1.29, 1.82) is 0 Å². The monoisotopic (exact) mass is 515 g/mol. The molecule has 1 atom stereocenters. The molecule has 0 saturated heterocycles. The minimum atomic E-state index is -0.239. The van der Waals surface area contributed by atoms with Crippen LogP contribution < -0.4 is 5.32 Å². The Bertz CT molecular complexity index is 1310. The second-order valence-corrected chi connectivity index (χ2v) is 9.71. The number of hydrogen-bond acceptors (Lipinski definition) is 2. The van der Waals surface area contributed by atoms with E-state index in [2.05, 4.69) is 60.2 Å². The van der Waals surface area contributed by atoms with E-state index in [-0.39, 0.29) is 6.17 Å². The van der Waals surface area contributed by atoms with E-state index in [4.69, 9.17) is 28.2 Å². The molecule has 0 aromatic heterocycles. The van der Waals surface area contributed by atoms with Crippen LogP contribution in [0.2, 0.25) is 10.0 Å². The lowest BCUT2D eigenvalue weighted by Crippen LogP contribution is -2.36. The van der Waals surface area contributed by atoms with Crippen molar-refractivity contribution in [2.75, 3.05) is 7.05 Å². The van der Waals surface area contributed by atoms with E-state index in [1.54, 1.807) is 13.1 Å². The standard InChI is InChI=1S/C31H31Cl2N3/c1-4-23(17-25-18-28-27(21(25)2)19-26(32)20-29(28)33)30(34-3)36-31(24-13-9-6-10-14-24)35-16-15-22-11-7-5-8-12-22/h4-5,7-9,11-14,16-17,19-20,31H,1,6,10,15,18H2,2-3H3,(H,34,36)/b23-17+,35-16?. The maximum absolute atomic E-state index is 6.50. The molecule has 5 heteroatoms. The summed E-state index contributed by atoms with van der Waals surface area (Å²) in [5, 5.41) is 4.91. The van der Waals surface area contributed by atoms with Gasteiger partial charge in [0.15, 0.2) is 0 Å². The summed E-state index contributed by atoms with van der Waals surface area (Å²) >= 11 is 12.8. The van der Waals surface area contributed by atoms with Gasteiger partial charge in [0.1, 0.15) is 12.0 Å². The SMILES string of the molecule is C=C/C(=C\C1=C(C)c2cc(Cl)cc(Cl)c2C1)C(=NC)NC(N=CCc1ccccc1)C1=CCCC=C1. The van der Waals surface area contributed by atoms with E-state index in [0.717, 1.165) is 53.8 Å². The van der Waals surface area contributed by atoms with Crippen LogP contribution >= 0.6 is 23.2 Å². The number of nitrogens with one attached hydrogen (secondary N) is 1. The Morgan fingerprint density at radius 3 is 2.67 bits per heavy atom. The molecule has 2 aliphatic rings. The molecular formula is C31H31Cl2N3. The normalized spacial score (nSPS) is 16.8. The Balaban J connectivity index is 1.59. The number of halogens is 2. The fourth-order valence-corrected chi connectivity index (χ4v) is 5.07. The first-order chi connectivity index (χ1) is 17.5. The molecule has 0 heterocycles. The zero-order valence-electron chi connectivity index (χ0n) is 20.8. The lowest BCUT2D eigenvalue weighted by molar-refractivity contribution is 0.732. The van der Waals surface area contributed by atoms with Gasteiger partial charge in [-0.05, 0) is 77.8 Å². The Kier molecular flexibility index (Phi) is 8.79. The van der Waals surface area contributed by atoms with Crippen molar-refractivity contribution in [1.82, 2.24) is 5.32 Å². The van der Waals surface area contributed by atoms with Gasteiger partial charge in [-0.15, -0.1) is 0 Å². The molecule has 0 fully saturated rings. The van der Waals surface area contributed by atoms with E-state index in [1.807, 2.05) is 36.6 Å². The molecule has 0 spiro atoms. The molecule has 1 N–H and O–H groups in total. The number of fused-ring (bicyclic) bond motifs is 1. The quantitative estimate of drug-likeness (QED) is 0.216. The lowest BCUT2D eigenvalue weighted by atomic mass is 10.0. The van der Waals surface area contributed by atoms with Crippen molar-refractivity contribution in [3.8, 4) is 0 Å². The predicted molar refractivity (Wildman–Crippen MR) is 156 cm³/mol. The van der Waals surface area contributed by atoms with Crippen LogP contribution in [-0.4, -0.2) is 25.3 Å². The number of rotatable bonds is 8. The maximum Gasteiger partial charge on any atom is 0.145 e. The highest BCUT2D eigenvalue weighted by molar-refractivity contribution is 6.35. The van der Waals surface area contributed by atoms with E-state index in [9.17, 15) is 0 Å². The van der Waals surface area contributed by atoms with Crippen molar-refractivity contribution < 1.29 is 0 Å². The van der Waals surface area contributed by atoms with Gasteiger partial charge in [-0.1, -0.05) is 84.4 Å². The van der Waals surface area contributed by atoms with Crippen molar-refractivity contribution in [2.24, 2.45) is 9.98 Å². The largest absolute Gasteiger partial charge is 0.345 e. The molecule has 3 nitrogen and oxygen atoms in total. The number of aliphatic imine (C=N–C) groups is 2. The van der Waals surface area contributed by atoms with Crippen molar-refractivity contribution in [3.63, 3.8) is 0 Å². The topological polar surface area (TPSA) is 36.8 Å². The van der Waals surface area contributed by atoms with Gasteiger partial charge < -0.3 is 5.32 Å². The number of nitrogens with zero attached hydrogens (tertiary/aromatic N) is 2. The van der Waals surface area contributed by atoms with Gasteiger partial charge in [0.25, 0.3) is 0 Å². The Hall–Kier alpha value is -3.14. The Labute approximate surface area is 224 Å². The minimum absolute atomic E-state index is 0.239. The zero-order chi connectivity index (χ0) is 25.5. The summed E-state index contributed by atoms with van der Waals surface area (Å²) in [6.07, 6.45) is 15.9. The first-order valence-corrected chi connectivity index (χ1v) is 12.9. The van der Waals surface area contributed by atoms with Crippen LogP contribution in [0.1, 0.15) is 36.5 Å². The van der Waals surface area contributed by atoms with Gasteiger partial charge in [-0.2, -0.15) is 0 Å². The van der Waals surface area contributed by atoms with Gasteiger partial charge in [-0.25, -0.2) is 0 Å². The summed E-state index contributed by atoms with van der Waals surface area (Å²) in [6.45, 7) is 6.18. The van der Waals surface area contributed by atoms with Gasteiger partial charge in [0, 0.05) is 35.3 Å². The predicted octanol–water partition coefficient (Wildman–Crippen LogP) is 7.97. The number of amidine groups is 1. The van der Waals surface area contributed by atoms with Crippen LogP contribution in [0.25, 0.3) is 5.57 Å². The van der Waals surface area contributed by atoms with E-state index >= 15 is 0 Å². The number of allylic oxidation sites excluding steroid dienone is 5. The molecule has 2 aliphatic carbocycles. The minimum Gasteiger partial charge on any atom is -0.345 e. The van der Waals surface area contributed by atoms with Crippen LogP contribution in [0.4, 0.5) is 0 Å². The van der Waals surface area contributed by atoms with E-state index in [1.165, 1.54) is 16.7 Å². The van der Waals surface area contributed by atoms with Gasteiger partial charge >= 0.3 is 0 Å². The van der Waals surface area contributed by atoms with Crippen LogP contribution in [-0.2, 0) is 12.8 Å².